The summed E-state index contributed by atoms with van der Waals surface area (Å²) in [5.74, 6) is 3.71. The van der Waals surface area contributed by atoms with Gasteiger partial charge in [-0.1, -0.05) is 32.0 Å². The Labute approximate surface area is 196 Å². The zero-order valence-electron chi connectivity index (χ0n) is 19.2. The third-order valence-corrected chi connectivity index (χ3v) is 8.70. The Bertz CT molecular complexity index is 856. The van der Waals surface area contributed by atoms with Crippen LogP contribution in [0.1, 0.15) is 63.5 Å². The van der Waals surface area contributed by atoms with Gasteiger partial charge < -0.3 is 10.6 Å². The SMILES string of the molecule is CC(C)[C@H](NC(=O)C12CC3CC(CC(C3)C1)C2)C(=O)NCCSCc1ccccc1C#N. The van der Waals surface area contributed by atoms with E-state index in [0.29, 0.717) is 29.9 Å². The number of amides is 2. The van der Waals surface area contributed by atoms with E-state index in [-0.39, 0.29) is 23.1 Å². The first-order valence-corrected chi connectivity index (χ1v) is 13.2. The average molecular weight is 454 g/mol. The molecule has 2 amide bonds. The molecule has 0 heterocycles. The van der Waals surface area contributed by atoms with Crippen molar-refractivity contribution in [1.82, 2.24) is 10.6 Å². The topological polar surface area (TPSA) is 82.0 Å². The molecule has 1 aromatic carbocycles. The number of nitrogens with one attached hydrogen (secondary N) is 2. The molecule has 5 rings (SSSR count). The molecule has 4 saturated carbocycles. The van der Waals surface area contributed by atoms with Crippen LogP contribution in [-0.4, -0.2) is 30.2 Å². The molecule has 0 spiro atoms. The molecule has 0 aromatic heterocycles. The van der Waals surface area contributed by atoms with Crippen LogP contribution in [-0.2, 0) is 15.3 Å². The Balaban J connectivity index is 1.26. The predicted molar refractivity (Wildman–Crippen MR) is 128 cm³/mol. The molecule has 0 saturated heterocycles. The Morgan fingerprint density at radius 1 is 1.12 bits per heavy atom. The summed E-state index contributed by atoms with van der Waals surface area (Å²) in [5, 5.41) is 15.4. The molecule has 4 bridgehead atoms. The van der Waals surface area contributed by atoms with E-state index < -0.39 is 6.04 Å². The number of rotatable bonds is 9. The number of nitriles is 1. The van der Waals surface area contributed by atoms with Crippen LogP contribution in [0.3, 0.4) is 0 Å². The maximum atomic E-state index is 13.4. The highest BCUT2D eigenvalue weighted by molar-refractivity contribution is 7.98. The van der Waals surface area contributed by atoms with Gasteiger partial charge in [0.1, 0.15) is 6.04 Å². The van der Waals surface area contributed by atoms with Crippen molar-refractivity contribution in [2.24, 2.45) is 29.1 Å². The molecule has 172 valence electrons. The van der Waals surface area contributed by atoms with Crippen LogP contribution in [0.25, 0.3) is 0 Å². The van der Waals surface area contributed by atoms with Crippen molar-refractivity contribution >= 4 is 23.6 Å². The minimum absolute atomic E-state index is 0.0445. The van der Waals surface area contributed by atoms with Gasteiger partial charge in [0.25, 0.3) is 0 Å². The molecule has 2 N–H and O–H groups in total. The fourth-order valence-electron chi connectivity index (χ4n) is 6.51. The van der Waals surface area contributed by atoms with Crippen molar-refractivity contribution in [3.05, 3.63) is 35.4 Å². The maximum absolute atomic E-state index is 13.4. The van der Waals surface area contributed by atoms with Gasteiger partial charge in [-0.25, -0.2) is 0 Å². The van der Waals surface area contributed by atoms with Crippen molar-refractivity contribution in [3.8, 4) is 6.07 Å². The molecule has 4 aliphatic rings. The number of hydrogen-bond donors (Lipinski definition) is 2. The second-order valence-corrected chi connectivity index (χ2v) is 11.6. The number of thioether (sulfide) groups is 1. The van der Waals surface area contributed by atoms with Gasteiger partial charge in [-0.2, -0.15) is 17.0 Å². The summed E-state index contributed by atoms with van der Waals surface area (Å²) in [6, 6.07) is 9.35. The lowest BCUT2D eigenvalue weighted by Gasteiger charge is -2.55. The summed E-state index contributed by atoms with van der Waals surface area (Å²) in [6.45, 7) is 4.55. The largest absolute Gasteiger partial charge is 0.353 e. The van der Waals surface area contributed by atoms with E-state index in [1.807, 2.05) is 38.1 Å². The molecule has 32 heavy (non-hydrogen) atoms. The average Bonchev–Trinajstić information content (AvgIpc) is 2.76. The van der Waals surface area contributed by atoms with E-state index in [1.165, 1.54) is 19.3 Å². The molecule has 1 aromatic rings. The Kier molecular flexibility index (Phi) is 7.14. The Morgan fingerprint density at radius 3 is 2.34 bits per heavy atom. The van der Waals surface area contributed by atoms with Gasteiger partial charge in [0.2, 0.25) is 11.8 Å². The Morgan fingerprint density at radius 2 is 1.75 bits per heavy atom. The summed E-state index contributed by atoms with van der Waals surface area (Å²) in [7, 11) is 0. The van der Waals surface area contributed by atoms with Crippen LogP contribution in [0.4, 0.5) is 0 Å². The van der Waals surface area contributed by atoms with Crippen LogP contribution in [0.2, 0.25) is 0 Å². The van der Waals surface area contributed by atoms with Gasteiger partial charge in [-0.15, -0.1) is 0 Å². The summed E-state index contributed by atoms with van der Waals surface area (Å²) in [4.78, 5) is 26.3. The van der Waals surface area contributed by atoms with Crippen LogP contribution >= 0.6 is 11.8 Å². The molecule has 6 heteroatoms. The fraction of sp³-hybridized carbons (Fsp3) is 0.654. The molecular formula is C26H35N3O2S. The van der Waals surface area contributed by atoms with Gasteiger partial charge in [0.15, 0.2) is 0 Å². The van der Waals surface area contributed by atoms with Crippen LogP contribution in [0.15, 0.2) is 24.3 Å². The molecule has 0 radical (unpaired) electrons. The maximum Gasteiger partial charge on any atom is 0.242 e. The molecule has 4 fully saturated rings. The summed E-state index contributed by atoms with van der Waals surface area (Å²) in [6.07, 6.45) is 6.94. The highest BCUT2D eigenvalue weighted by Gasteiger charge is 2.55. The van der Waals surface area contributed by atoms with Gasteiger partial charge in [-0.3, -0.25) is 9.59 Å². The van der Waals surface area contributed by atoms with E-state index in [9.17, 15) is 14.9 Å². The highest BCUT2D eigenvalue weighted by atomic mass is 32.2. The van der Waals surface area contributed by atoms with Crippen molar-refractivity contribution in [2.45, 2.75) is 64.2 Å². The summed E-state index contributed by atoms with van der Waals surface area (Å²) >= 11 is 1.70. The minimum atomic E-state index is -0.486. The lowest BCUT2D eigenvalue weighted by molar-refractivity contribution is -0.149. The Hall–Kier alpha value is -2.00. The molecule has 0 unspecified atom stereocenters. The normalized spacial score (nSPS) is 28.9. The zero-order valence-corrected chi connectivity index (χ0v) is 20.0. The van der Waals surface area contributed by atoms with Gasteiger partial charge >= 0.3 is 0 Å². The molecular weight excluding hydrogens is 418 g/mol. The lowest BCUT2D eigenvalue weighted by atomic mass is 9.49. The third kappa shape index (κ3) is 4.98. The van der Waals surface area contributed by atoms with Crippen molar-refractivity contribution in [3.63, 3.8) is 0 Å². The molecule has 5 nitrogen and oxygen atoms in total. The predicted octanol–water partition coefficient (Wildman–Crippen LogP) is 4.26. The lowest BCUT2D eigenvalue weighted by Crippen LogP contribution is -2.58. The molecule has 0 aliphatic heterocycles. The number of carbonyl (C=O) groups excluding carboxylic acids is 2. The van der Waals surface area contributed by atoms with Crippen LogP contribution < -0.4 is 10.6 Å². The zero-order chi connectivity index (χ0) is 22.7. The van der Waals surface area contributed by atoms with Crippen molar-refractivity contribution in [1.29, 1.82) is 5.26 Å². The van der Waals surface area contributed by atoms with Gasteiger partial charge in [-0.05, 0) is 73.8 Å². The van der Waals surface area contributed by atoms with E-state index in [0.717, 1.165) is 36.3 Å². The first kappa shape index (κ1) is 23.2. The number of nitrogens with zero attached hydrogens (tertiary/aromatic N) is 1. The first-order valence-electron chi connectivity index (χ1n) is 12.0. The van der Waals surface area contributed by atoms with Gasteiger partial charge in [0.05, 0.1) is 11.6 Å². The summed E-state index contributed by atoms with van der Waals surface area (Å²) < 4.78 is 0. The molecule has 1 atom stereocenters. The quantitative estimate of drug-likeness (QED) is 0.547. The van der Waals surface area contributed by atoms with E-state index in [1.54, 1.807) is 11.8 Å². The second-order valence-electron chi connectivity index (χ2n) is 10.5. The highest BCUT2D eigenvalue weighted by Crippen LogP contribution is 2.60. The number of benzene rings is 1. The van der Waals surface area contributed by atoms with Gasteiger partial charge in [0, 0.05) is 23.5 Å². The standard InChI is InChI=1S/C26H35N3O2S/c1-17(2)23(24(30)28-7-8-32-16-22-6-4-3-5-21(22)15-27)29-25(31)26-12-18-9-19(13-26)11-20(10-18)14-26/h3-6,17-20,23H,7-14,16H2,1-2H3,(H,28,30)(H,29,31)/t18?,19?,20?,23-,26?/m0/s1. The smallest absolute Gasteiger partial charge is 0.242 e. The van der Waals surface area contributed by atoms with Crippen molar-refractivity contribution in [2.75, 3.05) is 12.3 Å². The van der Waals surface area contributed by atoms with Crippen molar-refractivity contribution < 1.29 is 9.59 Å². The minimum Gasteiger partial charge on any atom is -0.353 e. The monoisotopic (exact) mass is 453 g/mol. The third-order valence-electron chi connectivity index (χ3n) is 7.70. The molecule has 4 aliphatic carbocycles. The van der Waals surface area contributed by atoms with Crippen LogP contribution in [0, 0.1) is 40.4 Å². The van der Waals surface area contributed by atoms with Crippen LogP contribution in [0.5, 0.6) is 0 Å². The fourth-order valence-corrected chi connectivity index (χ4v) is 7.37. The van der Waals surface area contributed by atoms with E-state index in [4.69, 9.17) is 0 Å². The first-order chi connectivity index (χ1) is 15.4. The van der Waals surface area contributed by atoms with E-state index in [2.05, 4.69) is 16.7 Å². The number of carbonyl (C=O) groups is 2. The number of hydrogen-bond acceptors (Lipinski definition) is 4. The van der Waals surface area contributed by atoms with E-state index >= 15 is 0 Å². The second kappa shape index (κ2) is 9.87. The summed E-state index contributed by atoms with van der Waals surface area (Å²) in [5.41, 5.74) is 1.50.